The molecule has 0 aliphatic carbocycles. The molecule has 0 spiro atoms. The van der Waals surface area contributed by atoms with Gasteiger partial charge in [0.05, 0.1) is 30.3 Å². The summed E-state index contributed by atoms with van der Waals surface area (Å²) in [5.74, 6) is 1.51. The first kappa shape index (κ1) is 16.8. The number of hydrogen-bond acceptors (Lipinski definition) is 4. The highest BCUT2D eigenvalue weighted by Gasteiger charge is 2.20. The third kappa shape index (κ3) is 2.99. The monoisotopic (exact) mass is 371 g/mol. The number of fused-ring (bicyclic) bond motifs is 2. The molecule has 2 aromatic carbocycles. The van der Waals surface area contributed by atoms with E-state index in [4.69, 9.17) is 9.40 Å². The van der Waals surface area contributed by atoms with Gasteiger partial charge in [-0.05, 0) is 48.7 Å². The summed E-state index contributed by atoms with van der Waals surface area (Å²) in [7, 11) is 0. The normalized spacial score (nSPS) is 13.6. The second-order valence-corrected chi connectivity index (χ2v) is 7.17. The Kier molecular flexibility index (Phi) is 4.20. The molecule has 0 atom stereocenters. The van der Waals surface area contributed by atoms with Gasteiger partial charge in [0.1, 0.15) is 11.6 Å². The first-order valence-corrected chi connectivity index (χ1v) is 9.63. The number of hydrogen-bond donors (Lipinski definition) is 0. The van der Waals surface area contributed by atoms with Crippen molar-refractivity contribution >= 4 is 16.6 Å². The van der Waals surface area contributed by atoms with Crippen LogP contribution in [0.3, 0.4) is 0 Å². The lowest BCUT2D eigenvalue weighted by Crippen LogP contribution is -2.34. The topological polar surface area (TPSA) is 51.3 Å². The summed E-state index contributed by atoms with van der Waals surface area (Å²) in [6.45, 7) is 1.94. The molecule has 140 valence electrons. The van der Waals surface area contributed by atoms with E-state index < -0.39 is 0 Å². The van der Waals surface area contributed by atoms with Gasteiger partial charge in [0.25, 0.3) is 5.56 Å². The molecule has 1 aliphatic heterocycles. The summed E-state index contributed by atoms with van der Waals surface area (Å²) >= 11 is 0. The molecule has 0 amide bonds. The minimum atomic E-state index is -0.0257. The van der Waals surface area contributed by atoms with Crippen molar-refractivity contribution in [3.8, 4) is 0 Å². The van der Waals surface area contributed by atoms with Crippen molar-refractivity contribution in [2.45, 2.75) is 25.9 Å². The van der Waals surface area contributed by atoms with E-state index in [0.717, 1.165) is 36.5 Å². The predicted octanol–water partition coefficient (Wildman–Crippen LogP) is 3.99. The minimum Gasteiger partial charge on any atom is -0.467 e. The summed E-state index contributed by atoms with van der Waals surface area (Å²) in [5, 5.41) is 0.636. The number of furan rings is 1. The van der Waals surface area contributed by atoms with Crippen molar-refractivity contribution in [2.24, 2.45) is 0 Å². The Morgan fingerprint density at radius 2 is 1.82 bits per heavy atom. The van der Waals surface area contributed by atoms with Crippen LogP contribution in [0.15, 0.2) is 76.1 Å². The van der Waals surface area contributed by atoms with E-state index in [1.165, 1.54) is 11.3 Å². The molecule has 0 N–H and O–H groups in total. The van der Waals surface area contributed by atoms with Gasteiger partial charge in [-0.3, -0.25) is 9.36 Å². The predicted molar refractivity (Wildman–Crippen MR) is 110 cm³/mol. The van der Waals surface area contributed by atoms with Crippen LogP contribution in [0.2, 0.25) is 0 Å². The van der Waals surface area contributed by atoms with Crippen molar-refractivity contribution in [3.05, 3.63) is 94.4 Å². The molecule has 1 aliphatic rings. The van der Waals surface area contributed by atoms with E-state index in [1.807, 2.05) is 36.4 Å². The largest absolute Gasteiger partial charge is 0.467 e. The fourth-order valence-electron chi connectivity index (χ4n) is 4.00. The number of rotatable bonds is 4. The van der Waals surface area contributed by atoms with Crippen molar-refractivity contribution in [1.82, 2.24) is 9.55 Å². The van der Waals surface area contributed by atoms with E-state index in [1.54, 1.807) is 10.8 Å². The first-order chi connectivity index (χ1) is 13.8. The molecule has 0 saturated carbocycles. The molecule has 3 heterocycles. The average molecular weight is 371 g/mol. The quantitative estimate of drug-likeness (QED) is 0.544. The molecular weight excluding hydrogens is 350 g/mol. The van der Waals surface area contributed by atoms with Crippen LogP contribution in [0, 0.1) is 0 Å². The molecule has 5 rings (SSSR count). The van der Waals surface area contributed by atoms with Gasteiger partial charge < -0.3 is 9.32 Å². The molecule has 4 aromatic rings. The van der Waals surface area contributed by atoms with Gasteiger partial charge in [-0.1, -0.05) is 30.3 Å². The maximum atomic E-state index is 13.2. The summed E-state index contributed by atoms with van der Waals surface area (Å²) < 4.78 is 7.25. The van der Waals surface area contributed by atoms with Crippen molar-refractivity contribution in [3.63, 3.8) is 0 Å². The molecule has 0 unspecified atom stereocenters. The summed E-state index contributed by atoms with van der Waals surface area (Å²) in [6.07, 6.45) is 3.83. The Labute approximate surface area is 162 Å². The third-order valence-corrected chi connectivity index (χ3v) is 5.37. The number of aromatic nitrogens is 2. The molecule has 2 aromatic heterocycles. The van der Waals surface area contributed by atoms with Crippen LogP contribution < -0.4 is 10.5 Å². The highest BCUT2D eigenvalue weighted by molar-refractivity contribution is 5.77. The van der Waals surface area contributed by atoms with E-state index in [9.17, 15) is 4.79 Å². The van der Waals surface area contributed by atoms with Crippen LogP contribution in [0.4, 0.5) is 5.69 Å². The lowest BCUT2D eigenvalue weighted by molar-refractivity contribution is 0.481. The summed E-state index contributed by atoms with van der Waals surface area (Å²) in [6, 6.07) is 19.8. The highest BCUT2D eigenvalue weighted by atomic mass is 16.3. The van der Waals surface area contributed by atoms with Crippen LogP contribution in [-0.2, 0) is 19.5 Å². The van der Waals surface area contributed by atoms with Crippen LogP contribution in [0.1, 0.15) is 23.6 Å². The lowest BCUT2D eigenvalue weighted by Gasteiger charge is -2.31. The summed E-state index contributed by atoms with van der Waals surface area (Å²) in [5.41, 5.74) is 3.31. The van der Waals surface area contributed by atoms with Gasteiger partial charge in [0, 0.05) is 12.2 Å². The Morgan fingerprint density at radius 3 is 2.71 bits per heavy atom. The van der Waals surface area contributed by atoms with Crippen molar-refractivity contribution in [2.75, 3.05) is 11.4 Å². The molecule has 5 nitrogen and oxygen atoms in total. The SMILES string of the molecule is O=c1c2ccccc2nc(CN2CCCc3ccccc32)n1Cc1ccco1. The second kappa shape index (κ2) is 7.00. The van der Waals surface area contributed by atoms with E-state index in [-0.39, 0.29) is 5.56 Å². The van der Waals surface area contributed by atoms with Gasteiger partial charge in [-0.2, -0.15) is 0 Å². The second-order valence-electron chi connectivity index (χ2n) is 7.17. The Hall–Kier alpha value is -3.34. The zero-order chi connectivity index (χ0) is 18.9. The fraction of sp³-hybridized carbons (Fsp3) is 0.217. The van der Waals surface area contributed by atoms with Gasteiger partial charge in [-0.15, -0.1) is 0 Å². The maximum Gasteiger partial charge on any atom is 0.261 e. The smallest absolute Gasteiger partial charge is 0.261 e. The maximum absolute atomic E-state index is 13.2. The molecule has 0 radical (unpaired) electrons. The molecule has 28 heavy (non-hydrogen) atoms. The minimum absolute atomic E-state index is 0.0257. The molecular formula is C23H21N3O2. The third-order valence-electron chi connectivity index (χ3n) is 5.37. The standard InChI is InChI=1S/C23H21N3O2/c27-23-19-10-2-3-11-20(19)24-22(26(23)15-18-9-6-14-28-18)16-25-13-5-8-17-7-1-4-12-21(17)25/h1-4,6-7,9-12,14H,5,8,13,15-16H2. The summed E-state index contributed by atoms with van der Waals surface area (Å²) in [4.78, 5) is 20.4. The van der Waals surface area contributed by atoms with Crippen molar-refractivity contribution in [1.29, 1.82) is 0 Å². The van der Waals surface area contributed by atoms with Crippen LogP contribution in [0.25, 0.3) is 10.9 Å². The number of aryl methyl sites for hydroxylation is 1. The number of anilines is 1. The number of nitrogens with zero attached hydrogens (tertiary/aromatic N) is 3. The van der Waals surface area contributed by atoms with E-state index in [2.05, 4.69) is 29.2 Å². The molecule has 0 fully saturated rings. The van der Waals surface area contributed by atoms with Crippen molar-refractivity contribution < 1.29 is 4.42 Å². The average Bonchev–Trinajstić information content (AvgIpc) is 3.24. The molecule has 0 bridgehead atoms. The molecule has 0 saturated heterocycles. The van der Waals surface area contributed by atoms with Gasteiger partial charge in [0.15, 0.2) is 0 Å². The van der Waals surface area contributed by atoms with E-state index >= 15 is 0 Å². The van der Waals surface area contributed by atoms with E-state index in [0.29, 0.717) is 18.5 Å². The number of para-hydroxylation sites is 2. The van der Waals surface area contributed by atoms with Gasteiger partial charge >= 0.3 is 0 Å². The lowest BCUT2D eigenvalue weighted by atomic mass is 10.0. The Bertz CT molecular complexity index is 1180. The van der Waals surface area contributed by atoms with Gasteiger partial charge in [0.2, 0.25) is 0 Å². The zero-order valence-corrected chi connectivity index (χ0v) is 15.5. The number of benzene rings is 2. The van der Waals surface area contributed by atoms with Gasteiger partial charge in [-0.25, -0.2) is 4.98 Å². The van der Waals surface area contributed by atoms with Crippen LogP contribution >= 0.6 is 0 Å². The van der Waals surface area contributed by atoms with Crippen LogP contribution in [0.5, 0.6) is 0 Å². The Balaban J connectivity index is 1.61. The fourth-order valence-corrected chi connectivity index (χ4v) is 4.00. The Morgan fingerprint density at radius 1 is 0.964 bits per heavy atom. The van der Waals surface area contributed by atoms with Crippen LogP contribution in [-0.4, -0.2) is 16.1 Å². The first-order valence-electron chi connectivity index (χ1n) is 9.63. The zero-order valence-electron chi connectivity index (χ0n) is 15.5. The molecule has 5 heteroatoms. The highest BCUT2D eigenvalue weighted by Crippen LogP contribution is 2.28.